The number of hydrogen-bond donors (Lipinski definition) is 0. The molecule has 0 saturated carbocycles. The minimum atomic E-state index is -0.847. The van der Waals surface area contributed by atoms with Crippen LogP contribution >= 0.6 is 0 Å². The molecule has 0 atom stereocenters. The van der Waals surface area contributed by atoms with Crippen molar-refractivity contribution >= 4 is 6.16 Å². The van der Waals surface area contributed by atoms with Gasteiger partial charge in [0.25, 0.3) is 0 Å². The third-order valence-corrected chi connectivity index (χ3v) is 0.428. The summed E-state index contributed by atoms with van der Waals surface area (Å²) in [6.45, 7) is 3.41. The van der Waals surface area contributed by atoms with Crippen LogP contribution in [-0.4, -0.2) is 12.3 Å². The lowest BCUT2D eigenvalue weighted by atomic mass is 10.5. The quantitative estimate of drug-likeness (QED) is 0.483. The fourth-order valence-electron chi connectivity index (χ4n) is 0.220. The summed E-state index contributed by atoms with van der Waals surface area (Å²) in [7, 11) is 4.45. The number of carbonyl (C=O) groups is 1. The van der Waals surface area contributed by atoms with Crippen molar-refractivity contribution in [3.05, 3.63) is 7.11 Å². The van der Waals surface area contributed by atoms with Crippen LogP contribution in [-0.2, 0) is 9.47 Å². The maximum absolute atomic E-state index is 10.1. The molecular weight excluding hydrogens is 108 g/mol. The van der Waals surface area contributed by atoms with Gasteiger partial charge < -0.3 is 9.47 Å². The monoisotopic (exact) mass is 116 g/mol. The Morgan fingerprint density at radius 3 is 2.25 bits per heavy atom. The fraction of sp³-hybridized carbons (Fsp3) is 0.600. The van der Waals surface area contributed by atoms with E-state index in [-0.39, 0.29) is 6.10 Å². The Morgan fingerprint density at radius 1 is 1.62 bits per heavy atom. The maximum atomic E-state index is 10.1. The van der Waals surface area contributed by atoms with Gasteiger partial charge in [0.2, 0.25) is 0 Å². The molecule has 0 bridgehead atoms. The molecule has 0 spiro atoms. The second-order valence-electron chi connectivity index (χ2n) is 1.53. The van der Waals surface area contributed by atoms with Gasteiger partial charge >= 0.3 is 6.16 Å². The third kappa shape index (κ3) is 3.46. The second kappa shape index (κ2) is 3.29. The molecule has 0 unspecified atom stereocenters. The zero-order valence-electron chi connectivity index (χ0n) is 4.88. The van der Waals surface area contributed by atoms with E-state index in [1.807, 2.05) is 0 Å². The zero-order valence-corrected chi connectivity index (χ0v) is 4.88. The zero-order chi connectivity index (χ0) is 6.57. The fourth-order valence-corrected chi connectivity index (χ4v) is 0.220. The van der Waals surface area contributed by atoms with Gasteiger partial charge in [0.05, 0.1) is 6.10 Å². The van der Waals surface area contributed by atoms with Crippen molar-refractivity contribution in [3.63, 3.8) is 0 Å². The van der Waals surface area contributed by atoms with Crippen molar-refractivity contribution in [2.24, 2.45) is 0 Å². The Hall–Kier alpha value is -0.730. The van der Waals surface area contributed by atoms with E-state index in [1.165, 1.54) is 0 Å². The third-order valence-electron chi connectivity index (χ3n) is 0.428. The molecule has 3 heteroatoms. The summed E-state index contributed by atoms with van der Waals surface area (Å²) in [6.07, 6.45) is -1.02. The Balaban J connectivity index is 3.25. The van der Waals surface area contributed by atoms with Gasteiger partial charge in [-0.25, -0.2) is 4.79 Å². The molecule has 0 aliphatic rings. The average Bonchev–Trinajstić information content (AvgIpc) is 1.65. The molecule has 0 aliphatic carbocycles. The van der Waals surface area contributed by atoms with Crippen LogP contribution in [0.4, 0.5) is 4.79 Å². The summed E-state index contributed by atoms with van der Waals surface area (Å²) < 4.78 is 8.11. The van der Waals surface area contributed by atoms with E-state index in [2.05, 4.69) is 16.6 Å². The first-order valence-corrected chi connectivity index (χ1v) is 2.24. The van der Waals surface area contributed by atoms with Gasteiger partial charge in [-0.05, 0) is 13.8 Å². The molecule has 0 fully saturated rings. The standard InChI is InChI=1S/C5H8O3/c1-4(2)8-5(6)7-3/h3-4H,1-2H3. The lowest BCUT2D eigenvalue weighted by Gasteiger charge is -2.03. The first-order chi connectivity index (χ1) is 3.66. The highest BCUT2D eigenvalue weighted by Gasteiger charge is 2.01. The van der Waals surface area contributed by atoms with E-state index >= 15 is 0 Å². The molecule has 0 saturated heterocycles. The van der Waals surface area contributed by atoms with Crippen LogP contribution in [0.5, 0.6) is 0 Å². The Morgan fingerprint density at radius 2 is 2.12 bits per heavy atom. The number of hydrogen-bond acceptors (Lipinski definition) is 3. The molecule has 0 aromatic rings. The molecule has 0 heterocycles. The maximum Gasteiger partial charge on any atom is 0.509 e. The van der Waals surface area contributed by atoms with Gasteiger partial charge in [-0.2, -0.15) is 0 Å². The molecule has 0 aromatic carbocycles. The molecular formula is C5H8O3. The first kappa shape index (κ1) is 7.27. The predicted octanol–water partition coefficient (Wildman–Crippen LogP) is 1.22. The highest BCUT2D eigenvalue weighted by molar-refractivity contribution is 5.60. The van der Waals surface area contributed by atoms with Gasteiger partial charge in [0.1, 0.15) is 0 Å². The van der Waals surface area contributed by atoms with Crippen molar-refractivity contribution in [1.29, 1.82) is 0 Å². The Bertz CT molecular complexity index is 77.7. The van der Waals surface area contributed by atoms with Gasteiger partial charge in [-0.3, -0.25) is 0 Å². The van der Waals surface area contributed by atoms with Crippen LogP contribution in [0.15, 0.2) is 0 Å². The Labute approximate surface area is 48.6 Å². The van der Waals surface area contributed by atoms with E-state index < -0.39 is 6.16 Å². The van der Waals surface area contributed by atoms with Crippen LogP contribution in [0, 0.1) is 7.11 Å². The summed E-state index contributed by atoms with van der Waals surface area (Å²) in [5.74, 6) is 0. The average molecular weight is 116 g/mol. The van der Waals surface area contributed by atoms with E-state index in [9.17, 15) is 4.79 Å². The van der Waals surface area contributed by atoms with E-state index in [0.29, 0.717) is 0 Å². The van der Waals surface area contributed by atoms with Crippen LogP contribution in [0.3, 0.4) is 0 Å². The lowest BCUT2D eigenvalue weighted by molar-refractivity contribution is 0.0585. The van der Waals surface area contributed by atoms with E-state index in [4.69, 9.17) is 0 Å². The largest absolute Gasteiger partial charge is 0.509 e. The molecule has 46 valence electrons. The number of ether oxygens (including phenoxy) is 2. The van der Waals surface area contributed by atoms with Crippen molar-refractivity contribution in [2.45, 2.75) is 20.0 Å². The van der Waals surface area contributed by atoms with Gasteiger partial charge in [-0.1, -0.05) is 0 Å². The van der Waals surface area contributed by atoms with Gasteiger partial charge in [0, 0.05) is 0 Å². The summed E-state index contributed by atoms with van der Waals surface area (Å²) in [5.41, 5.74) is 0. The molecule has 0 N–H and O–H groups in total. The van der Waals surface area contributed by atoms with Crippen molar-refractivity contribution in [2.75, 3.05) is 0 Å². The van der Waals surface area contributed by atoms with Crippen molar-refractivity contribution in [1.82, 2.24) is 0 Å². The minimum absolute atomic E-state index is 0.175. The highest BCUT2D eigenvalue weighted by Crippen LogP contribution is 1.89. The number of carbonyl (C=O) groups excluding carboxylic acids is 1. The molecule has 2 radical (unpaired) electrons. The van der Waals surface area contributed by atoms with Crippen molar-refractivity contribution in [3.8, 4) is 0 Å². The molecule has 0 rings (SSSR count). The summed E-state index contributed by atoms with van der Waals surface area (Å²) in [5, 5.41) is 0. The van der Waals surface area contributed by atoms with Crippen LogP contribution in [0.25, 0.3) is 0 Å². The summed E-state index contributed by atoms with van der Waals surface area (Å²) in [4.78, 5) is 10.1. The molecule has 0 aliphatic heterocycles. The molecule has 0 aromatic heterocycles. The van der Waals surface area contributed by atoms with Crippen LogP contribution in [0.2, 0.25) is 0 Å². The van der Waals surface area contributed by atoms with Crippen LogP contribution < -0.4 is 0 Å². The SMILES string of the molecule is [CH]OC(=O)OC(C)C. The molecule has 0 amide bonds. The molecule has 3 nitrogen and oxygen atoms in total. The van der Waals surface area contributed by atoms with Gasteiger partial charge in [-0.15, -0.1) is 0 Å². The van der Waals surface area contributed by atoms with E-state index in [0.717, 1.165) is 0 Å². The molecule has 8 heavy (non-hydrogen) atoms. The number of rotatable bonds is 1. The minimum Gasteiger partial charge on any atom is -0.432 e. The topological polar surface area (TPSA) is 35.5 Å². The summed E-state index contributed by atoms with van der Waals surface area (Å²) in [6, 6.07) is 0. The van der Waals surface area contributed by atoms with Crippen molar-refractivity contribution < 1.29 is 14.3 Å². The Kier molecular flexibility index (Phi) is 2.99. The van der Waals surface area contributed by atoms with Gasteiger partial charge in [0.15, 0.2) is 7.11 Å². The van der Waals surface area contributed by atoms with Crippen LogP contribution in [0.1, 0.15) is 13.8 Å². The lowest BCUT2D eigenvalue weighted by Crippen LogP contribution is -2.09. The first-order valence-electron chi connectivity index (χ1n) is 2.24. The normalized spacial score (nSPS) is 9.00. The summed E-state index contributed by atoms with van der Waals surface area (Å²) >= 11 is 0. The predicted molar refractivity (Wildman–Crippen MR) is 27.0 cm³/mol. The highest BCUT2D eigenvalue weighted by atomic mass is 16.7. The second-order valence-corrected chi connectivity index (χ2v) is 1.53. The van der Waals surface area contributed by atoms with E-state index in [1.54, 1.807) is 13.8 Å². The smallest absolute Gasteiger partial charge is 0.432 e.